The Balaban J connectivity index is 0.696. The minimum Gasteiger partial charge on any atom is -0.493 e. The van der Waals surface area contributed by atoms with E-state index < -0.39 is 24.0 Å². The van der Waals surface area contributed by atoms with E-state index in [1.165, 1.54) is 64.6 Å². The first kappa shape index (κ1) is 44.6. The van der Waals surface area contributed by atoms with Crippen molar-refractivity contribution < 1.29 is 38.0 Å². The summed E-state index contributed by atoms with van der Waals surface area (Å²) >= 11 is 0. The molecule has 0 aromatic heterocycles. The van der Waals surface area contributed by atoms with Crippen LogP contribution in [0.15, 0.2) is 182 Å². The highest BCUT2D eigenvalue weighted by Crippen LogP contribution is 2.41. The summed E-state index contributed by atoms with van der Waals surface area (Å²) in [5.41, 5.74) is 5.48. The van der Waals surface area contributed by atoms with Crippen LogP contribution in [-0.4, -0.2) is 76.9 Å². The second-order valence-electron chi connectivity index (χ2n) is 17.4. The van der Waals surface area contributed by atoms with E-state index in [0.29, 0.717) is 11.4 Å². The molecule has 2 atom stereocenters. The average molecular weight is 927 g/mol. The molecule has 2 unspecified atom stereocenters. The second kappa shape index (κ2) is 19.6. The Hall–Kier alpha value is -7.86. The molecule has 0 saturated carbocycles. The van der Waals surface area contributed by atoms with Crippen molar-refractivity contribution in [3.63, 3.8) is 0 Å². The van der Waals surface area contributed by atoms with Gasteiger partial charge in [-0.3, -0.25) is 9.59 Å². The molecule has 0 bridgehead atoms. The van der Waals surface area contributed by atoms with Gasteiger partial charge in [-0.2, -0.15) is 0 Å². The maximum absolute atomic E-state index is 13.7. The number of nitrogens with one attached hydrogen (secondary N) is 2. The lowest BCUT2D eigenvalue weighted by Crippen LogP contribution is -2.35. The van der Waals surface area contributed by atoms with Crippen molar-refractivity contribution in [2.75, 3.05) is 63.5 Å². The van der Waals surface area contributed by atoms with E-state index in [1.54, 1.807) is 0 Å². The first-order valence-corrected chi connectivity index (χ1v) is 23.6. The molecule has 1 heterocycles. The number of hydrogen-bond acceptors (Lipinski definition) is 8. The summed E-state index contributed by atoms with van der Waals surface area (Å²) in [7, 11) is 0. The fraction of sp³-hybridized carbons (Fsp3) is 0.167. The molecule has 1 aliphatic rings. The zero-order chi connectivity index (χ0) is 47.6. The van der Waals surface area contributed by atoms with Gasteiger partial charge in [0.05, 0.1) is 39.6 Å². The van der Waals surface area contributed by atoms with Gasteiger partial charge >= 0.3 is 0 Å². The molecular weight excluding hydrogens is 877 g/mol. The Kier molecular flexibility index (Phi) is 12.5. The largest absolute Gasteiger partial charge is 0.493 e. The molecule has 10 nitrogen and oxygen atoms in total. The maximum Gasteiger partial charge on any atom is 0.261 e. The molecule has 10 aromatic carbocycles. The summed E-state index contributed by atoms with van der Waals surface area (Å²) in [4.78, 5) is 27.4. The molecule has 1 fully saturated rings. The van der Waals surface area contributed by atoms with Crippen LogP contribution in [0, 0.1) is 0 Å². The molecule has 348 valence electrons. The number of ether oxygens (including phenoxy) is 6. The van der Waals surface area contributed by atoms with Gasteiger partial charge in [0.25, 0.3) is 11.8 Å². The Bertz CT molecular complexity index is 3280. The molecule has 0 spiro atoms. The molecule has 1 saturated heterocycles. The van der Waals surface area contributed by atoms with Crippen LogP contribution in [0.5, 0.6) is 0 Å². The maximum atomic E-state index is 13.7. The summed E-state index contributed by atoms with van der Waals surface area (Å²) in [6, 6.07) is 54.4. The van der Waals surface area contributed by atoms with Crippen molar-refractivity contribution in [1.29, 1.82) is 0 Å². The first-order valence-electron chi connectivity index (χ1n) is 23.6. The monoisotopic (exact) mass is 926 g/mol. The molecular formula is C60H50N2O8. The number of rotatable bonds is 6. The summed E-state index contributed by atoms with van der Waals surface area (Å²) in [6.07, 6.45) is -2.25. The van der Waals surface area contributed by atoms with E-state index in [0.717, 1.165) is 22.3 Å². The Morgan fingerprint density at radius 1 is 0.386 bits per heavy atom. The van der Waals surface area contributed by atoms with Crippen LogP contribution >= 0.6 is 0 Å². The van der Waals surface area contributed by atoms with Gasteiger partial charge in [-0.15, -0.1) is 0 Å². The Morgan fingerprint density at radius 3 is 1.13 bits per heavy atom. The van der Waals surface area contributed by atoms with Crippen molar-refractivity contribution in [2.45, 2.75) is 12.2 Å². The number of benzene rings is 10. The highest BCUT2D eigenvalue weighted by atomic mass is 16.6. The van der Waals surface area contributed by atoms with Crippen molar-refractivity contribution in [3.05, 3.63) is 182 Å². The minimum atomic E-state index is -1.12. The SMILES string of the molecule is C=C1OCCOCCOC(C(=O)Nc2ccc(-c3ccc4ccc5cccc6ccc3c4c56)cc2)C(=C)OCCOCCOC1C(=O)Nc1ccc(-c2ccc3ccc4cccc5ccc2c3c45)cc1. The van der Waals surface area contributed by atoms with Crippen molar-refractivity contribution in [1.82, 2.24) is 0 Å². The fourth-order valence-corrected chi connectivity index (χ4v) is 9.75. The third-order valence-corrected chi connectivity index (χ3v) is 13.1. The number of hydrogen-bond donors (Lipinski definition) is 2. The van der Waals surface area contributed by atoms with E-state index in [9.17, 15) is 9.59 Å². The minimum absolute atomic E-state index is 0.0646. The van der Waals surface area contributed by atoms with Crippen molar-refractivity contribution >= 4 is 87.8 Å². The Labute approximate surface area is 404 Å². The average Bonchev–Trinajstić information content (AvgIpc) is 3.39. The molecule has 70 heavy (non-hydrogen) atoms. The number of carbonyl (C=O) groups excluding carboxylic acids is 2. The van der Waals surface area contributed by atoms with E-state index >= 15 is 0 Å². The lowest BCUT2D eigenvalue weighted by atomic mass is 9.90. The number of carbonyl (C=O) groups is 2. The quantitative estimate of drug-likeness (QED) is 0.159. The smallest absolute Gasteiger partial charge is 0.261 e. The molecule has 2 N–H and O–H groups in total. The summed E-state index contributed by atoms with van der Waals surface area (Å²) in [5, 5.41) is 20.6. The van der Waals surface area contributed by atoms with Gasteiger partial charge in [0.2, 0.25) is 0 Å². The molecule has 0 aliphatic carbocycles. The van der Waals surface area contributed by atoms with Crippen LogP contribution in [0.25, 0.3) is 86.9 Å². The Morgan fingerprint density at radius 2 is 0.729 bits per heavy atom. The molecule has 11 rings (SSSR count). The van der Waals surface area contributed by atoms with Crippen molar-refractivity contribution in [3.8, 4) is 22.3 Å². The van der Waals surface area contributed by atoms with Gasteiger partial charge in [-0.05, 0) is 111 Å². The van der Waals surface area contributed by atoms with Crippen LogP contribution in [0.4, 0.5) is 11.4 Å². The van der Waals surface area contributed by atoms with Crippen LogP contribution in [0.2, 0.25) is 0 Å². The first-order chi connectivity index (χ1) is 34.4. The molecule has 1 aliphatic heterocycles. The molecule has 0 radical (unpaired) electrons. The van der Waals surface area contributed by atoms with E-state index in [4.69, 9.17) is 28.4 Å². The third-order valence-electron chi connectivity index (χ3n) is 13.1. The topological polar surface area (TPSA) is 114 Å². The van der Waals surface area contributed by atoms with Crippen LogP contribution in [0.3, 0.4) is 0 Å². The van der Waals surface area contributed by atoms with E-state index in [-0.39, 0.29) is 64.4 Å². The van der Waals surface area contributed by atoms with Gasteiger partial charge in [-0.25, -0.2) is 0 Å². The standard InChI is InChI=1S/C60H50N2O8/c1-37-57(59(63)61-47-21-13-39(14-22-47)49-25-17-45-11-9-41-5-3-7-43-19-27-51(49)55(45)53(41)43)69-35-31-66-30-34-68-38(2)58(70-36-32-65-29-33-67-37)60(64)62-48-23-15-40(16-24-48)50-26-18-46-12-10-42-6-4-8-44-20-28-52(50)56(46)54(42)44/h3-28,57-58H,1-2,29-36H2,(H,61,63)(H,62,64). The van der Waals surface area contributed by atoms with Crippen LogP contribution in [-0.2, 0) is 38.0 Å². The lowest BCUT2D eigenvalue weighted by Gasteiger charge is -2.22. The van der Waals surface area contributed by atoms with Gasteiger partial charge < -0.3 is 39.1 Å². The van der Waals surface area contributed by atoms with E-state index in [1.807, 2.05) is 48.5 Å². The zero-order valence-corrected chi connectivity index (χ0v) is 38.5. The number of amides is 2. The van der Waals surface area contributed by atoms with Crippen LogP contribution < -0.4 is 10.6 Å². The van der Waals surface area contributed by atoms with Crippen molar-refractivity contribution in [2.24, 2.45) is 0 Å². The summed E-state index contributed by atoms with van der Waals surface area (Å²) in [6.45, 7) is 9.00. The van der Waals surface area contributed by atoms with E-state index in [2.05, 4.69) is 133 Å². The number of anilines is 2. The molecule has 10 aromatic rings. The molecule has 2 amide bonds. The van der Waals surface area contributed by atoms with Gasteiger partial charge in [0.1, 0.15) is 24.7 Å². The summed E-state index contributed by atoms with van der Waals surface area (Å²) < 4.78 is 35.3. The molecule has 10 heteroatoms. The predicted molar refractivity (Wildman–Crippen MR) is 280 cm³/mol. The van der Waals surface area contributed by atoms with Gasteiger partial charge in [0.15, 0.2) is 12.2 Å². The second-order valence-corrected chi connectivity index (χ2v) is 17.4. The zero-order valence-electron chi connectivity index (χ0n) is 38.5. The normalized spacial score (nSPS) is 17.1. The highest BCUT2D eigenvalue weighted by molar-refractivity contribution is 6.26. The predicted octanol–water partition coefficient (Wildman–Crippen LogP) is 12.3. The van der Waals surface area contributed by atoms with Gasteiger partial charge in [-0.1, -0.05) is 147 Å². The van der Waals surface area contributed by atoms with Gasteiger partial charge in [0, 0.05) is 11.4 Å². The highest BCUT2D eigenvalue weighted by Gasteiger charge is 2.27. The fourth-order valence-electron chi connectivity index (χ4n) is 9.75. The van der Waals surface area contributed by atoms with Crippen LogP contribution in [0.1, 0.15) is 0 Å². The third kappa shape index (κ3) is 8.85. The summed E-state index contributed by atoms with van der Waals surface area (Å²) in [5.74, 6) is -0.617. The lowest BCUT2D eigenvalue weighted by molar-refractivity contribution is -0.131.